The number of carbonyl (C=O) groups is 1. The Kier molecular flexibility index (Phi) is 4.17. The van der Waals surface area contributed by atoms with Crippen molar-refractivity contribution in [1.82, 2.24) is 4.90 Å². The van der Waals surface area contributed by atoms with Crippen LogP contribution in [0.5, 0.6) is 5.75 Å². The number of nitrogens with zero attached hydrogens (tertiary/aromatic N) is 2. The average Bonchev–Trinajstić information content (AvgIpc) is 2.31. The number of halogens is 1. The first-order valence-corrected chi connectivity index (χ1v) is 5.04. The van der Waals surface area contributed by atoms with Crippen molar-refractivity contribution >= 4 is 23.3 Å². The molecule has 92 valence electrons. The standard InChI is InChI=1S/C10H12ClN3O3/c1-14(5-9(12)13-17)10(16)6-2-3-8(15)7(11)4-6/h2-4,15,17H,5H2,1H3,(H2,12,13). The van der Waals surface area contributed by atoms with Gasteiger partial charge in [-0.25, -0.2) is 0 Å². The van der Waals surface area contributed by atoms with E-state index in [9.17, 15) is 9.90 Å². The molecule has 6 nitrogen and oxygen atoms in total. The molecular weight excluding hydrogens is 246 g/mol. The molecule has 0 heterocycles. The number of oxime groups is 1. The molecule has 0 spiro atoms. The first kappa shape index (κ1) is 13.1. The largest absolute Gasteiger partial charge is 0.506 e. The van der Waals surface area contributed by atoms with Crippen LogP contribution in [0.25, 0.3) is 0 Å². The zero-order valence-corrected chi connectivity index (χ0v) is 9.85. The van der Waals surface area contributed by atoms with Crippen LogP contribution in [-0.2, 0) is 0 Å². The molecule has 0 atom stereocenters. The maximum Gasteiger partial charge on any atom is 0.254 e. The zero-order valence-electron chi connectivity index (χ0n) is 9.09. The SMILES string of the molecule is CN(CC(N)=NO)C(=O)c1ccc(O)c(Cl)c1. The maximum absolute atomic E-state index is 11.9. The fourth-order valence-electron chi connectivity index (χ4n) is 1.21. The van der Waals surface area contributed by atoms with Gasteiger partial charge in [-0.2, -0.15) is 0 Å². The van der Waals surface area contributed by atoms with Gasteiger partial charge in [-0.15, -0.1) is 0 Å². The highest BCUT2D eigenvalue weighted by Crippen LogP contribution is 2.24. The van der Waals surface area contributed by atoms with Crippen LogP contribution in [0.1, 0.15) is 10.4 Å². The molecule has 0 aliphatic carbocycles. The molecule has 7 heteroatoms. The molecule has 4 N–H and O–H groups in total. The summed E-state index contributed by atoms with van der Waals surface area (Å²) in [5.74, 6) is -0.522. The van der Waals surface area contributed by atoms with E-state index in [0.717, 1.165) is 0 Å². The molecule has 1 aromatic rings. The summed E-state index contributed by atoms with van der Waals surface area (Å²) in [5.41, 5.74) is 5.59. The minimum atomic E-state index is -0.349. The van der Waals surface area contributed by atoms with Gasteiger partial charge in [0.25, 0.3) is 5.91 Å². The molecule has 0 aromatic heterocycles. The fourth-order valence-corrected chi connectivity index (χ4v) is 1.39. The van der Waals surface area contributed by atoms with Crippen molar-refractivity contribution in [2.24, 2.45) is 10.9 Å². The highest BCUT2D eigenvalue weighted by atomic mass is 35.5. The monoisotopic (exact) mass is 257 g/mol. The molecule has 0 fully saturated rings. The van der Waals surface area contributed by atoms with Crippen LogP contribution in [0.15, 0.2) is 23.4 Å². The summed E-state index contributed by atoms with van der Waals surface area (Å²) in [6, 6.07) is 4.11. The molecule has 0 radical (unpaired) electrons. The zero-order chi connectivity index (χ0) is 13.0. The van der Waals surface area contributed by atoms with Crippen LogP contribution in [0, 0.1) is 0 Å². The topological polar surface area (TPSA) is 99.1 Å². The van der Waals surface area contributed by atoms with E-state index >= 15 is 0 Å². The summed E-state index contributed by atoms with van der Waals surface area (Å²) < 4.78 is 0. The van der Waals surface area contributed by atoms with Crippen LogP contribution < -0.4 is 5.73 Å². The summed E-state index contributed by atoms with van der Waals surface area (Å²) in [7, 11) is 1.50. The molecule has 0 bridgehead atoms. The van der Waals surface area contributed by atoms with E-state index < -0.39 is 0 Å². The van der Waals surface area contributed by atoms with Crippen molar-refractivity contribution in [1.29, 1.82) is 0 Å². The van der Waals surface area contributed by atoms with E-state index in [1.54, 1.807) is 0 Å². The number of phenolic OH excluding ortho intramolecular Hbond substituents is 1. The van der Waals surface area contributed by atoms with Crippen LogP contribution >= 0.6 is 11.6 Å². The lowest BCUT2D eigenvalue weighted by atomic mass is 10.2. The number of benzene rings is 1. The second kappa shape index (κ2) is 5.40. The van der Waals surface area contributed by atoms with Crippen molar-refractivity contribution < 1.29 is 15.1 Å². The Hall–Kier alpha value is -1.95. The number of carbonyl (C=O) groups excluding carboxylic acids is 1. The van der Waals surface area contributed by atoms with Crippen LogP contribution in [0.3, 0.4) is 0 Å². The Balaban J connectivity index is 2.85. The average molecular weight is 258 g/mol. The van der Waals surface area contributed by atoms with Crippen molar-refractivity contribution in [2.75, 3.05) is 13.6 Å². The number of amides is 1. The van der Waals surface area contributed by atoms with Crippen molar-refractivity contribution in [3.8, 4) is 5.75 Å². The smallest absolute Gasteiger partial charge is 0.254 e. The molecule has 1 aromatic carbocycles. The Labute approximate surface area is 103 Å². The van der Waals surface area contributed by atoms with Gasteiger partial charge in [-0.05, 0) is 18.2 Å². The number of phenols is 1. The highest BCUT2D eigenvalue weighted by Gasteiger charge is 2.14. The molecule has 0 unspecified atom stereocenters. The predicted molar refractivity (Wildman–Crippen MR) is 63.5 cm³/mol. The first-order valence-electron chi connectivity index (χ1n) is 4.66. The van der Waals surface area contributed by atoms with Gasteiger partial charge < -0.3 is 20.9 Å². The second-order valence-electron chi connectivity index (χ2n) is 3.42. The van der Waals surface area contributed by atoms with Gasteiger partial charge in [-0.3, -0.25) is 4.79 Å². The second-order valence-corrected chi connectivity index (χ2v) is 3.83. The predicted octanol–water partition coefficient (Wildman–Crippen LogP) is 0.864. The summed E-state index contributed by atoms with van der Waals surface area (Å²) in [6.07, 6.45) is 0. The quantitative estimate of drug-likeness (QED) is 0.324. The van der Waals surface area contributed by atoms with E-state index in [2.05, 4.69) is 5.16 Å². The maximum atomic E-state index is 11.9. The Morgan fingerprint density at radius 2 is 2.24 bits per heavy atom. The third-order valence-corrected chi connectivity index (χ3v) is 2.37. The molecule has 0 saturated carbocycles. The summed E-state index contributed by atoms with van der Waals surface area (Å²) >= 11 is 5.69. The van der Waals surface area contributed by atoms with E-state index in [1.165, 1.54) is 30.1 Å². The molecule has 17 heavy (non-hydrogen) atoms. The Bertz CT molecular complexity index is 462. The number of amidine groups is 1. The van der Waals surface area contributed by atoms with Crippen LogP contribution in [-0.4, -0.2) is 40.5 Å². The van der Waals surface area contributed by atoms with E-state index in [4.69, 9.17) is 22.5 Å². The molecular formula is C10H12ClN3O3. The summed E-state index contributed by atoms with van der Waals surface area (Å²) in [6.45, 7) is -0.00612. The highest BCUT2D eigenvalue weighted by molar-refractivity contribution is 6.32. The fraction of sp³-hybridized carbons (Fsp3) is 0.200. The van der Waals surface area contributed by atoms with Gasteiger partial charge in [0.05, 0.1) is 11.6 Å². The molecule has 0 saturated heterocycles. The number of rotatable bonds is 3. The normalized spacial score (nSPS) is 11.3. The molecule has 0 aliphatic heterocycles. The van der Waals surface area contributed by atoms with Gasteiger partial charge in [0.2, 0.25) is 0 Å². The van der Waals surface area contributed by atoms with Crippen molar-refractivity contribution in [3.63, 3.8) is 0 Å². The minimum absolute atomic E-state index is 0.00612. The third kappa shape index (κ3) is 3.25. The van der Waals surface area contributed by atoms with E-state index in [1.807, 2.05) is 0 Å². The van der Waals surface area contributed by atoms with Crippen molar-refractivity contribution in [2.45, 2.75) is 0 Å². The van der Waals surface area contributed by atoms with Crippen molar-refractivity contribution in [3.05, 3.63) is 28.8 Å². The minimum Gasteiger partial charge on any atom is -0.506 e. The number of nitrogens with two attached hydrogens (primary N) is 1. The summed E-state index contributed by atoms with van der Waals surface area (Å²) in [4.78, 5) is 13.1. The number of hydrogen-bond acceptors (Lipinski definition) is 4. The number of likely N-dealkylation sites (N-methyl/N-ethyl adjacent to an activating group) is 1. The van der Waals surface area contributed by atoms with Gasteiger partial charge in [0.1, 0.15) is 5.75 Å². The number of aromatic hydroxyl groups is 1. The lowest BCUT2D eigenvalue weighted by Gasteiger charge is -2.16. The van der Waals surface area contributed by atoms with Gasteiger partial charge in [0.15, 0.2) is 5.84 Å². The molecule has 1 rings (SSSR count). The van der Waals surface area contributed by atoms with Gasteiger partial charge in [0, 0.05) is 12.6 Å². The lowest BCUT2D eigenvalue weighted by Crippen LogP contribution is -2.35. The Morgan fingerprint density at radius 3 is 2.76 bits per heavy atom. The third-order valence-electron chi connectivity index (χ3n) is 2.07. The lowest BCUT2D eigenvalue weighted by molar-refractivity contribution is 0.0813. The van der Waals surface area contributed by atoms with Gasteiger partial charge >= 0.3 is 0 Å². The summed E-state index contributed by atoms with van der Waals surface area (Å²) in [5, 5.41) is 20.5. The number of hydrogen-bond donors (Lipinski definition) is 3. The van der Waals surface area contributed by atoms with Gasteiger partial charge in [-0.1, -0.05) is 16.8 Å². The van der Waals surface area contributed by atoms with E-state index in [0.29, 0.717) is 5.56 Å². The van der Waals surface area contributed by atoms with Crippen LogP contribution in [0.2, 0.25) is 5.02 Å². The molecule has 0 aliphatic rings. The Morgan fingerprint density at radius 1 is 1.59 bits per heavy atom. The first-order chi connectivity index (χ1) is 7.95. The van der Waals surface area contributed by atoms with Crippen LogP contribution in [0.4, 0.5) is 0 Å². The molecule has 1 amide bonds. The van der Waals surface area contributed by atoms with E-state index in [-0.39, 0.29) is 29.1 Å².